The normalized spacial score (nSPS) is 17.1. The van der Waals surface area contributed by atoms with Gasteiger partial charge in [-0.05, 0) is 81.3 Å². The SMILES string of the molecule is Cc1ccc(C)c(/C(O)=C2\C(=O)C(=O)N(c3ccc(OC(C)C)cc3)C2c2ccc(N(C)C)cc2)c1. The molecule has 0 bridgehead atoms. The molecule has 1 aliphatic rings. The molecule has 0 aliphatic carbocycles. The van der Waals surface area contributed by atoms with Crippen LogP contribution in [0.1, 0.15) is 42.1 Å². The summed E-state index contributed by atoms with van der Waals surface area (Å²) in [5, 5.41) is 11.4. The monoisotopic (exact) mass is 484 g/mol. The Labute approximate surface area is 212 Å². The van der Waals surface area contributed by atoms with Gasteiger partial charge in [0.15, 0.2) is 0 Å². The fourth-order valence-corrected chi connectivity index (χ4v) is 4.46. The van der Waals surface area contributed by atoms with Crippen molar-refractivity contribution in [3.63, 3.8) is 0 Å². The van der Waals surface area contributed by atoms with Crippen molar-refractivity contribution >= 4 is 28.8 Å². The first kappa shape index (κ1) is 25.0. The first-order valence-corrected chi connectivity index (χ1v) is 12.0. The zero-order valence-electron chi connectivity index (χ0n) is 21.6. The van der Waals surface area contributed by atoms with Crippen LogP contribution in [0.3, 0.4) is 0 Å². The Kier molecular flexibility index (Phi) is 6.88. The van der Waals surface area contributed by atoms with Gasteiger partial charge in [0.1, 0.15) is 11.5 Å². The number of carbonyl (C=O) groups excluding carboxylic acids is 2. The Balaban J connectivity index is 1.90. The predicted octanol–water partition coefficient (Wildman–Crippen LogP) is 5.78. The van der Waals surface area contributed by atoms with E-state index in [0.717, 1.165) is 22.4 Å². The number of hydrogen-bond donors (Lipinski definition) is 1. The van der Waals surface area contributed by atoms with Gasteiger partial charge in [-0.2, -0.15) is 0 Å². The van der Waals surface area contributed by atoms with Gasteiger partial charge in [-0.3, -0.25) is 14.5 Å². The third-order valence-electron chi connectivity index (χ3n) is 6.30. The fraction of sp³-hybridized carbons (Fsp3) is 0.267. The zero-order valence-corrected chi connectivity index (χ0v) is 21.6. The van der Waals surface area contributed by atoms with E-state index >= 15 is 0 Å². The minimum absolute atomic E-state index is 0.0119. The summed E-state index contributed by atoms with van der Waals surface area (Å²) >= 11 is 0. The molecule has 186 valence electrons. The summed E-state index contributed by atoms with van der Waals surface area (Å²) < 4.78 is 5.74. The Morgan fingerprint density at radius 2 is 1.58 bits per heavy atom. The lowest BCUT2D eigenvalue weighted by atomic mass is 9.93. The minimum Gasteiger partial charge on any atom is -0.507 e. The van der Waals surface area contributed by atoms with Gasteiger partial charge in [0.05, 0.1) is 17.7 Å². The van der Waals surface area contributed by atoms with Gasteiger partial charge < -0.3 is 14.7 Å². The molecule has 6 heteroatoms. The maximum atomic E-state index is 13.4. The number of rotatable bonds is 6. The molecule has 1 heterocycles. The molecule has 1 N–H and O–H groups in total. The van der Waals surface area contributed by atoms with Crippen molar-refractivity contribution in [1.29, 1.82) is 0 Å². The second-order valence-electron chi connectivity index (χ2n) is 9.63. The van der Waals surface area contributed by atoms with E-state index in [-0.39, 0.29) is 17.4 Å². The molecule has 0 radical (unpaired) electrons. The second-order valence-corrected chi connectivity index (χ2v) is 9.63. The summed E-state index contributed by atoms with van der Waals surface area (Å²) in [5.41, 5.74) is 4.66. The molecule has 4 rings (SSSR count). The number of amides is 1. The highest BCUT2D eigenvalue weighted by molar-refractivity contribution is 6.51. The van der Waals surface area contributed by atoms with Crippen molar-refractivity contribution in [2.45, 2.75) is 39.8 Å². The molecule has 0 spiro atoms. The number of benzene rings is 3. The highest BCUT2D eigenvalue weighted by Gasteiger charge is 2.47. The number of nitrogens with zero attached hydrogens (tertiary/aromatic N) is 2. The van der Waals surface area contributed by atoms with Crippen molar-refractivity contribution in [3.8, 4) is 5.75 Å². The van der Waals surface area contributed by atoms with E-state index in [2.05, 4.69) is 0 Å². The fourth-order valence-electron chi connectivity index (χ4n) is 4.46. The van der Waals surface area contributed by atoms with Gasteiger partial charge in [-0.1, -0.05) is 29.8 Å². The number of aliphatic hydroxyl groups is 1. The van der Waals surface area contributed by atoms with E-state index in [9.17, 15) is 14.7 Å². The van der Waals surface area contributed by atoms with Crippen LogP contribution in [0.5, 0.6) is 5.75 Å². The summed E-state index contributed by atoms with van der Waals surface area (Å²) in [4.78, 5) is 30.3. The summed E-state index contributed by atoms with van der Waals surface area (Å²) in [6.45, 7) is 7.68. The predicted molar refractivity (Wildman–Crippen MR) is 144 cm³/mol. The topological polar surface area (TPSA) is 70.1 Å². The van der Waals surface area contributed by atoms with E-state index in [1.165, 1.54) is 4.90 Å². The van der Waals surface area contributed by atoms with Gasteiger partial charge in [0.25, 0.3) is 11.7 Å². The number of Topliss-reactive ketones (excluding diaryl/α,β-unsaturated/α-hetero) is 1. The molecular weight excluding hydrogens is 452 g/mol. The maximum absolute atomic E-state index is 13.4. The maximum Gasteiger partial charge on any atom is 0.300 e. The Bertz CT molecular complexity index is 1320. The van der Waals surface area contributed by atoms with E-state index in [1.54, 1.807) is 24.3 Å². The number of hydrogen-bond acceptors (Lipinski definition) is 5. The first-order chi connectivity index (χ1) is 17.1. The molecule has 1 unspecified atom stereocenters. The van der Waals surface area contributed by atoms with E-state index in [1.807, 2.05) is 89.2 Å². The Morgan fingerprint density at radius 1 is 0.944 bits per heavy atom. The third-order valence-corrected chi connectivity index (χ3v) is 6.30. The smallest absolute Gasteiger partial charge is 0.300 e. The Hall–Kier alpha value is -4.06. The number of ether oxygens (including phenoxy) is 1. The molecule has 36 heavy (non-hydrogen) atoms. The molecule has 0 saturated carbocycles. The van der Waals surface area contributed by atoms with Crippen LogP contribution in [0.2, 0.25) is 0 Å². The summed E-state index contributed by atoms with van der Waals surface area (Å²) in [6, 6.07) is 19.7. The van der Waals surface area contributed by atoms with E-state index in [4.69, 9.17) is 4.74 Å². The molecule has 1 fully saturated rings. The largest absolute Gasteiger partial charge is 0.507 e. The van der Waals surface area contributed by atoms with Crippen molar-refractivity contribution < 1.29 is 19.4 Å². The lowest BCUT2D eigenvalue weighted by molar-refractivity contribution is -0.132. The molecule has 6 nitrogen and oxygen atoms in total. The molecule has 1 atom stereocenters. The standard InChI is InChI=1S/C30H32N2O4/c1-18(2)36-24-15-13-23(14-16-24)32-27(21-9-11-22(12-10-21)31(5)6)26(29(34)30(32)35)28(33)25-17-19(3)7-8-20(25)4/h7-18,27,33H,1-6H3/b28-26+. The van der Waals surface area contributed by atoms with Crippen molar-refractivity contribution in [2.24, 2.45) is 0 Å². The van der Waals surface area contributed by atoms with Gasteiger partial charge in [-0.25, -0.2) is 0 Å². The highest BCUT2D eigenvalue weighted by atomic mass is 16.5. The van der Waals surface area contributed by atoms with Crippen LogP contribution < -0.4 is 14.5 Å². The molecule has 1 amide bonds. The van der Waals surface area contributed by atoms with E-state index in [0.29, 0.717) is 17.0 Å². The van der Waals surface area contributed by atoms with E-state index < -0.39 is 17.7 Å². The van der Waals surface area contributed by atoms with Gasteiger partial charge in [-0.15, -0.1) is 0 Å². The molecular formula is C30H32N2O4. The quantitative estimate of drug-likeness (QED) is 0.273. The minimum atomic E-state index is -0.780. The number of anilines is 2. The first-order valence-electron chi connectivity index (χ1n) is 12.0. The van der Waals surface area contributed by atoms with Crippen LogP contribution in [0.4, 0.5) is 11.4 Å². The van der Waals surface area contributed by atoms with Crippen molar-refractivity contribution in [1.82, 2.24) is 0 Å². The number of ketones is 1. The van der Waals surface area contributed by atoms with Crippen LogP contribution in [0, 0.1) is 13.8 Å². The van der Waals surface area contributed by atoms with Crippen LogP contribution >= 0.6 is 0 Å². The summed E-state index contributed by atoms with van der Waals surface area (Å²) in [7, 11) is 3.89. The van der Waals surface area contributed by atoms with Gasteiger partial charge in [0.2, 0.25) is 0 Å². The number of carbonyl (C=O) groups is 2. The molecule has 0 aromatic heterocycles. The molecule has 1 aliphatic heterocycles. The Morgan fingerprint density at radius 3 is 2.17 bits per heavy atom. The molecule has 3 aromatic rings. The van der Waals surface area contributed by atoms with Crippen molar-refractivity contribution in [3.05, 3.63) is 94.6 Å². The second kappa shape index (κ2) is 9.90. The van der Waals surface area contributed by atoms with Crippen LogP contribution in [-0.4, -0.2) is 37.0 Å². The van der Waals surface area contributed by atoms with Crippen LogP contribution in [-0.2, 0) is 9.59 Å². The zero-order chi connectivity index (χ0) is 26.1. The number of aryl methyl sites for hydroxylation is 2. The summed E-state index contributed by atoms with van der Waals surface area (Å²) in [5.74, 6) is -0.884. The van der Waals surface area contributed by atoms with Crippen LogP contribution in [0.15, 0.2) is 72.3 Å². The highest BCUT2D eigenvalue weighted by Crippen LogP contribution is 2.43. The lowest BCUT2D eigenvalue weighted by Crippen LogP contribution is -2.29. The molecule has 1 saturated heterocycles. The van der Waals surface area contributed by atoms with Crippen LogP contribution in [0.25, 0.3) is 5.76 Å². The van der Waals surface area contributed by atoms with Gasteiger partial charge in [0, 0.05) is 31.0 Å². The third kappa shape index (κ3) is 4.71. The van der Waals surface area contributed by atoms with Crippen molar-refractivity contribution in [2.75, 3.05) is 23.9 Å². The number of aliphatic hydroxyl groups excluding tert-OH is 1. The average Bonchev–Trinajstić information content (AvgIpc) is 3.11. The lowest BCUT2D eigenvalue weighted by Gasteiger charge is -2.26. The summed E-state index contributed by atoms with van der Waals surface area (Å²) in [6.07, 6.45) is 0.0119. The average molecular weight is 485 g/mol. The molecule has 3 aromatic carbocycles. The van der Waals surface area contributed by atoms with Gasteiger partial charge >= 0.3 is 0 Å².